The molecule has 0 fully saturated rings. The van der Waals surface area contributed by atoms with Crippen LogP contribution in [0.4, 0.5) is 0 Å². The Morgan fingerprint density at radius 3 is 3.00 bits per heavy atom. The van der Waals surface area contributed by atoms with Gasteiger partial charge in [0, 0.05) is 11.0 Å². The number of halogens is 2. The molecule has 0 aliphatic rings. The number of H-pyrrole nitrogens is 1. The summed E-state index contributed by atoms with van der Waals surface area (Å²) >= 11 is 9.37. The van der Waals surface area contributed by atoms with Gasteiger partial charge in [0.1, 0.15) is 0 Å². The van der Waals surface area contributed by atoms with E-state index >= 15 is 0 Å². The molecule has 0 spiro atoms. The van der Waals surface area contributed by atoms with E-state index in [0.717, 1.165) is 10.0 Å². The molecule has 1 unspecified atom stereocenters. The molecule has 17 heavy (non-hydrogen) atoms. The van der Waals surface area contributed by atoms with Crippen LogP contribution in [0.1, 0.15) is 24.4 Å². The molecule has 0 saturated heterocycles. The summed E-state index contributed by atoms with van der Waals surface area (Å²) in [6.07, 6.45) is 0. The summed E-state index contributed by atoms with van der Waals surface area (Å²) in [5, 5.41) is 17.8. The number of benzene rings is 1. The third-order valence-electron chi connectivity index (χ3n) is 2.35. The van der Waals surface area contributed by atoms with Gasteiger partial charge in [-0.1, -0.05) is 22.9 Å². The highest BCUT2D eigenvalue weighted by molar-refractivity contribution is 9.10. The van der Waals surface area contributed by atoms with E-state index in [1.807, 2.05) is 25.1 Å². The Kier molecular flexibility index (Phi) is 4.09. The second-order valence-corrected chi connectivity index (χ2v) is 4.88. The molecule has 1 atom stereocenters. The van der Waals surface area contributed by atoms with E-state index in [1.54, 1.807) is 0 Å². The third kappa shape index (κ3) is 3.24. The van der Waals surface area contributed by atoms with Crippen LogP contribution in [0.15, 0.2) is 22.7 Å². The largest absolute Gasteiger partial charge is 0.303 e. The van der Waals surface area contributed by atoms with Crippen molar-refractivity contribution in [3.63, 3.8) is 0 Å². The van der Waals surface area contributed by atoms with E-state index in [4.69, 9.17) is 11.6 Å². The van der Waals surface area contributed by atoms with Crippen LogP contribution < -0.4 is 5.32 Å². The molecule has 0 aliphatic carbocycles. The van der Waals surface area contributed by atoms with Crippen molar-refractivity contribution in [2.24, 2.45) is 0 Å². The van der Waals surface area contributed by atoms with Crippen LogP contribution in [-0.2, 0) is 6.54 Å². The van der Waals surface area contributed by atoms with Crippen molar-refractivity contribution in [2.75, 3.05) is 0 Å². The van der Waals surface area contributed by atoms with Gasteiger partial charge in [-0.05, 0) is 40.5 Å². The Bertz CT molecular complexity index is 487. The second-order valence-electron chi connectivity index (χ2n) is 3.62. The van der Waals surface area contributed by atoms with Crippen molar-refractivity contribution in [2.45, 2.75) is 19.5 Å². The van der Waals surface area contributed by atoms with Crippen molar-refractivity contribution < 1.29 is 0 Å². The van der Waals surface area contributed by atoms with Gasteiger partial charge in [0.2, 0.25) is 0 Å². The number of nitrogens with zero attached hydrogens (tertiary/aromatic N) is 3. The van der Waals surface area contributed by atoms with Gasteiger partial charge in [0.05, 0.1) is 11.1 Å². The molecule has 0 amide bonds. The van der Waals surface area contributed by atoms with Crippen LogP contribution in [0.5, 0.6) is 0 Å². The molecule has 7 heteroatoms. The summed E-state index contributed by atoms with van der Waals surface area (Å²) in [6, 6.07) is 5.89. The highest BCUT2D eigenvalue weighted by Crippen LogP contribution is 2.23. The Balaban J connectivity index is 1.96. The zero-order valence-corrected chi connectivity index (χ0v) is 11.5. The predicted molar refractivity (Wildman–Crippen MR) is 68.6 cm³/mol. The van der Waals surface area contributed by atoms with Gasteiger partial charge in [0.15, 0.2) is 5.82 Å². The SMILES string of the molecule is CC(NCc1ccc(Br)c(Cl)c1)c1nn[nH]n1. The fraction of sp³-hybridized carbons (Fsp3) is 0.300. The lowest BCUT2D eigenvalue weighted by Gasteiger charge is -2.10. The molecular formula is C10H11BrClN5. The van der Waals surface area contributed by atoms with Gasteiger partial charge < -0.3 is 5.32 Å². The summed E-state index contributed by atoms with van der Waals surface area (Å²) in [5.41, 5.74) is 1.11. The number of hydrogen-bond donors (Lipinski definition) is 2. The van der Waals surface area contributed by atoms with Crippen molar-refractivity contribution in [3.8, 4) is 0 Å². The third-order valence-corrected chi connectivity index (χ3v) is 3.58. The minimum absolute atomic E-state index is 0.0381. The van der Waals surface area contributed by atoms with Crippen LogP contribution in [0, 0.1) is 0 Å². The lowest BCUT2D eigenvalue weighted by Crippen LogP contribution is -2.19. The molecule has 2 rings (SSSR count). The fourth-order valence-corrected chi connectivity index (χ4v) is 1.81. The average molecular weight is 317 g/mol. The molecule has 0 aliphatic heterocycles. The van der Waals surface area contributed by atoms with Gasteiger partial charge in [-0.25, -0.2) is 0 Å². The Morgan fingerprint density at radius 1 is 1.53 bits per heavy atom. The van der Waals surface area contributed by atoms with E-state index in [1.165, 1.54) is 0 Å². The van der Waals surface area contributed by atoms with Crippen LogP contribution in [-0.4, -0.2) is 20.6 Å². The zero-order valence-electron chi connectivity index (χ0n) is 9.11. The van der Waals surface area contributed by atoms with E-state index in [9.17, 15) is 0 Å². The van der Waals surface area contributed by atoms with Crippen molar-refractivity contribution >= 4 is 27.5 Å². The molecule has 0 bridgehead atoms. The van der Waals surface area contributed by atoms with Crippen LogP contribution in [0.2, 0.25) is 5.02 Å². The highest BCUT2D eigenvalue weighted by atomic mass is 79.9. The summed E-state index contributed by atoms with van der Waals surface area (Å²) in [7, 11) is 0. The maximum Gasteiger partial charge on any atom is 0.191 e. The van der Waals surface area contributed by atoms with Crippen LogP contribution in [0.25, 0.3) is 0 Å². The number of aromatic amines is 1. The van der Waals surface area contributed by atoms with Crippen molar-refractivity contribution in [1.29, 1.82) is 0 Å². The first kappa shape index (κ1) is 12.5. The standard InChI is InChI=1S/C10H11BrClN5/c1-6(10-14-16-17-15-10)13-5-7-2-3-8(11)9(12)4-7/h2-4,6,13H,5H2,1H3,(H,14,15,16,17). The predicted octanol–water partition coefficient (Wildman–Crippen LogP) is 2.47. The van der Waals surface area contributed by atoms with E-state index in [2.05, 4.69) is 41.9 Å². The molecule has 1 aromatic heterocycles. The minimum atomic E-state index is 0.0381. The maximum absolute atomic E-state index is 6.01. The van der Waals surface area contributed by atoms with E-state index in [0.29, 0.717) is 17.4 Å². The average Bonchev–Trinajstić information content (AvgIpc) is 2.84. The topological polar surface area (TPSA) is 66.5 Å². The van der Waals surface area contributed by atoms with E-state index in [-0.39, 0.29) is 6.04 Å². The van der Waals surface area contributed by atoms with Gasteiger partial charge in [0.25, 0.3) is 0 Å². The molecule has 1 aromatic carbocycles. The van der Waals surface area contributed by atoms with Gasteiger partial charge >= 0.3 is 0 Å². The molecule has 2 N–H and O–H groups in total. The number of nitrogens with one attached hydrogen (secondary N) is 2. The summed E-state index contributed by atoms with van der Waals surface area (Å²) in [6.45, 7) is 2.67. The molecule has 0 saturated carbocycles. The van der Waals surface area contributed by atoms with Crippen molar-refractivity contribution in [1.82, 2.24) is 25.9 Å². The van der Waals surface area contributed by atoms with Crippen molar-refractivity contribution in [3.05, 3.63) is 39.1 Å². The second kappa shape index (κ2) is 5.57. The maximum atomic E-state index is 6.01. The molecule has 90 valence electrons. The summed E-state index contributed by atoms with van der Waals surface area (Å²) < 4.78 is 0.897. The van der Waals surface area contributed by atoms with Crippen LogP contribution in [0.3, 0.4) is 0 Å². The Hall–Kier alpha value is -0.980. The first-order valence-corrected chi connectivity index (χ1v) is 6.24. The number of rotatable bonds is 4. The smallest absolute Gasteiger partial charge is 0.191 e. The fourth-order valence-electron chi connectivity index (χ4n) is 1.36. The Labute approximate surface area is 112 Å². The molecule has 5 nitrogen and oxygen atoms in total. The molecule has 0 radical (unpaired) electrons. The molecular weight excluding hydrogens is 306 g/mol. The quantitative estimate of drug-likeness (QED) is 0.909. The summed E-state index contributed by atoms with van der Waals surface area (Å²) in [4.78, 5) is 0. The summed E-state index contributed by atoms with van der Waals surface area (Å²) in [5.74, 6) is 0.646. The van der Waals surface area contributed by atoms with Gasteiger partial charge in [-0.2, -0.15) is 5.21 Å². The first-order chi connectivity index (χ1) is 8.16. The minimum Gasteiger partial charge on any atom is -0.303 e. The Morgan fingerprint density at radius 2 is 2.35 bits per heavy atom. The lowest BCUT2D eigenvalue weighted by atomic mass is 10.2. The normalized spacial score (nSPS) is 12.6. The highest BCUT2D eigenvalue weighted by Gasteiger charge is 2.09. The molecule has 2 aromatic rings. The van der Waals surface area contributed by atoms with Gasteiger partial charge in [-0.15, -0.1) is 10.2 Å². The number of hydrogen-bond acceptors (Lipinski definition) is 4. The lowest BCUT2D eigenvalue weighted by molar-refractivity contribution is 0.547. The van der Waals surface area contributed by atoms with Crippen LogP contribution >= 0.6 is 27.5 Å². The number of aromatic nitrogens is 4. The molecule has 1 heterocycles. The van der Waals surface area contributed by atoms with Gasteiger partial charge in [-0.3, -0.25) is 0 Å². The zero-order chi connectivity index (χ0) is 12.3. The first-order valence-electron chi connectivity index (χ1n) is 5.07. The number of tetrazole rings is 1. The monoisotopic (exact) mass is 315 g/mol. The van der Waals surface area contributed by atoms with E-state index < -0.39 is 0 Å².